The zero-order valence-corrected chi connectivity index (χ0v) is 11.5. The molecule has 0 aromatic heterocycles. The molecule has 0 spiro atoms. The molecule has 0 bridgehead atoms. The topological polar surface area (TPSA) is 49.4 Å². The monoisotopic (exact) mass is 268 g/mol. The first-order chi connectivity index (χ1) is 8.65. The van der Waals surface area contributed by atoms with Gasteiger partial charge in [-0.25, -0.2) is 8.42 Å². The lowest BCUT2D eigenvalue weighted by Crippen LogP contribution is -2.33. The van der Waals surface area contributed by atoms with Gasteiger partial charge in [-0.15, -0.1) is 0 Å². The van der Waals surface area contributed by atoms with Crippen molar-refractivity contribution in [3.05, 3.63) is 24.3 Å². The molecule has 2 rings (SSSR count). The van der Waals surface area contributed by atoms with Gasteiger partial charge in [-0.1, -0.05) is 25.5 Å². The number of nitrogens with one attached hydrogen (secondary N) is 1. The predicted molar refractivity (Wildman–Crippen MR) is 75.6 cm³/mol. The first kappa shape index (κ1) is 13.2. The summed E-state index contributed by atoms with van der Waals surface area (Å²) in [6.07, 6.45) is 2.45. The van der Waals surface area contributed by atoms with E-state index in [2.05, 4.69) is 5.32 Å². The van der Waals surface area contributed by atoms with Crippen LogP contribution in [0.2, 0.25) is 0 Å². The van der Waals surface area contributed by atoms with Gasteiger partial charge in [0.1, 0.15) is 0 Å². The van der Waals surface area contributed by atoms with Crippen LogP contribution < -0.4 is 9.62 Å². The van der Waals surface area contributed by atoms with Gasteiger partial charge >= 0.3 is 0 Å². The number of unbranched alkanes of at least 4 members (excludes halogenated alkanes) is 1. The lowest BCUT2D eigenvalue weighted by molar-refractivity contribution is 0.587. The van der Waals surface area contributed by atoms with Crippen LogP contribution in [0, 0.1) is 0 Å². The van der Waals surface area contributed by atoms with Crippen molar-refractivity contribution in [2.75, 3.05) is 28.5 Å². The number of rotatable bonds is 4. The smallest absolute Gasteiger partial charge is 0.235 e. The largest absolute Gasteiger partial charge is 0.383 e. The molecule has 0 radical (unpaired) electrons. The second kappa shape index (κ2) is 5.61. The average Bonchev–Trinajstić information content (AvgIpc) is 2.59. The summed E-state index contributed by atoms with van der Waals surface area (Å²) < 4.78 is 26.3. The van der Waals surface area contributed by atoms with Crippen LogP contribution in [0.3, 0.4) is 0 Å². The molecule has 4 nitrogen and oxygen atoms in total. The highest BCUT2D eigenvalue weighted by molar-refractivity contribution is 7.92. The van der Waals surface area contributed by atoms with Crippen LogP contribution in [0.4, 0.5) is 11.4 Å². The number of benzene rings is 1. The average molecular weight is 268 g/mol. The van der Waals surface area contributed by atoms with Crippen LogP contribution in [-0.2, 0) is 10.0 Å². The Bertz CT molecular complexity index is 499. The minimum Gasteiger partial charge on any atom is -0.383 e. The molecule has 0 amide bonds. The van der Waals surface area contributed by atoms with E-state index in [0.29, 0.717) is 13.0 Å². The summed E-state index contributed by atoms with van der Waals surface area (Å²) in [5.74, 6) is 0.234. The molecule has 1 heterocycles. The molecular formula is C13H20N2O2S. The van der Waals surface area contributed by atoms with Crippen LogP contribution in [0.1, 0.15) is 26.2 Å². The maximum atomic E-state index is 12.4. The second-order valence-corrected chi connectivity index (χ2v) is 6.55. The van der Waals surface area contributed by atoms with Gasteiger partial charge in [-0.2, -0.15) is 0 Å². The van der Waals surface area contributed by atoms with Crippen molar-refractivity contribution in [2.45, 2.75) is 26.2 Å². The van der Waals surface area contributed by atoms with Gasteiger partial charge in [0.15, 0.2) is 0 Å². The maximum Gasteiger partial charge on any atom is 0.235 e. The van der Waals surface area contributed by atoms with Crippen LogP contribution in [0.15, 0.2) is 24.3 Å². The van der Waals surface area contributed by atoms with Crippen LogP contribution in [0.25, 0.3) is 0 Å². The third kappa shape index (κ3) is 2.77. The maximum absolute atomic E-state index is 12.4. The van der Waals surface area contributed by atoms with Crippen LogP contribution in [0.5, 0.6) is 0 Å². The number of nitrogens with zero attached hydrogens (tertiary/aromatic N) is 1. The van der Waals surface area contributed by atoms with E-state index in [9.17, 15) is 8.42 Å². The van der Waals surface area contributed by atoms with Crippen molar-refractivity contribution in [2.24, 2.45) is 0 Å². The molecule has 0 unspecified atom stereocenters. The van der Waals surface area contributed by atoms with Crippen molar-refractivity contribution in [3.8, 4) is 0 Å². The molecule has 1 aliphatic heterocycles. The first-order valence-electron chi connectivity index (χ1n) is 6.48. The summed E-state index contributed by atoms with van der Waals surface area (Å²) in [4.78, 5) is 0. The molecule has 0 aliphatic carbocycles. The zero-order valence-electron chi connectivity index (χ0n) is 10.7. The van der Waals surface area contributed by atoms with Crippen LogP contribution in [-0.4, -0.2) is 27.3 Å². The lowest BCUT2D eigenvalue weighted by Gasteiger charge is -2.23. The van der Waals surface area contributed by atoms with E-state index in [0.717, 1.165) is 30.8 Å². The third-order valence-corrected chi connectivity index (χ3v) is 4.97. The molecule has 0 atom stereocenters. The van der Waals surface area contributed by atoms with Crippen LogP contribution >= 0.6 is 0 Å². The van der Waals surface area contributed by atoms with Crippen molar-refractivity contribution >= 4 is 21.4 Å². The Balaban J connectivity index is 2.33. The second-order valence-electron chi connectivity index (χ2n) is 4.54. The molecule has 0 fully saturated rings. The molecule has 1 aliphatic rings. The minimum absolute atomic E-state index is 0.234. The lowest BCUT2D eigenvalue weighted by atomic mass is 10.2. The summed E-state index contributed by atoms with van der Waals surface area (Å²) in [6, 6.07) is 7.61. The standard InChI is InChI=1S/C13H20N2O2S/c1-2-3-11-18(16,17)15-10-6-9-14-12-7-4-5-8-13(12)15/h4-5,7-8,14H,2-3,6,9-11H2,1H3. The molecule has 0 saturated carbocycles. The van der Waals surface area contributed by atoms with Crippen molar-refractivity contribution < 1.29 is 8.42 Å². The fraction of sp³-hybridized carbons (Fsp3) is 0.538. The van der Waals surface area contributed by atoms with Crippen molar-refractivity contribution in [1.82, 2.24) is 0 Å². The molecule has 100 valence electrons. The Morgan fingerprint density at radius 1 is 1.33 bits per heavy atom. The highest BCUT2D eigenvalue weighted by atomic mass is 32.2. The number of fused-ring (bicyclic) bond motifs is 1. The quantitative estimate of drug-likeness (QED) is 0.912. The number of sulfonamides is 1. The summed E-state index contributed by atoms with van der Waals surface area (Å²) in [7, 11) is -3.19. The van der Waals surface area contributed by atoms with Gasteiger partial charge in [-0.3, -0.25) is 4.31 Å². The van der Waals surface area contributed by atoms with E-state index >= 15 is 0 Å². The summed E-state index contributed by atoms with van der Waals surface area (Å²) in [6.45, 7) is 3.39. The molecule has 0 saturated heterocycles. The van der Waals surface area contributed by atoms with Gasteiger partial charge in [0.25, 0.3) is 0 Å². The van der Waals surface area contributed by atoms with E-state index in [1.807, 2.05) is 31.2 Å². The number of para-hydroxylation sites is 2. The molecule has 18 heavy (non-hydrogen) atoms. The molecule has 1 N–H and O–H groups in total. The predicted octanol–water partition coefficient (Wildman–Crippen LogP) is 2.44. The van der Waals surface area contributed by atoms with Gasteiger partial charge in [-0.05, 0) is 25.0 Å². The van der Waals surface area contributed by atoms with E-state index in [4.69, 9.17) is 0 Å². The van der Waals surface area contributed by atoms with Gasteiger partial charge in [0.05, 0.1) is 17.1 Å². The van der Waals surface area contributed by atoms with Crippen molar-refractivity contribution in [3.63, 3.8) is 0 Å². The first-order valence-corrected chi connectivity index (χ1v) is 8.09. The Kier molecular flexibility index (Phi) is 4.11. The molecule has 1 aromatic rings. The number of hydrogen-bond acceptors (Lipinski definition) is 3. The number of anilines is 2. The highest BCUT2D eigenvalue weighted by Crippen LogP contribution is 2.30. The van der Waals surface area contributed by atoms with E-state index < -0.39 is 10.0 Å². The molecular weight excluding hydrogens is 248 g/mol. The van der Waals surface area contributed by atoms with Gasteiger partial charge < -0.3 is 5.32 Å². The highest BCUT2D eigenvalue weighted by Gasteiger charge is 2.25. The fourth-order valence-corrected chi connectivity index (χ4v) is 3.87. The fourth-order valence-electron chi connectivity index (χ4n) is 2.13. The Morgan fingerprint density at radius 3 is 2.89 bits per heavy atom. The molecule has 1 aromatic carbocycles. The van der Waals surface area contributed by atoms with Gasteiger partial charge in [0, 0.05) is 13.1 Å². The summed E-state index contributed by atoms with van der Waals surface area (Å²) >= 11 is 0. The summed E-state index contributed by atoms with van der Waals surface area (Å²) in [5.41, 5.74) is 1.70. The van der Waals surface area contributed by atoms with E-state index in [1.54, 1.807) is 4.31 Å². The number of hydrogen-bond donors (Lipinski definition) is 1. The Hall–Kier alpha value is -1.23. The van der Waals surface area contributed by atoms with E-state index in [1.165, 1.54) is 0 Å². The zero-order chi connectivity index (χ0) is 13.0. The third-order valence-electron chi connectivity index (χ3n) is 3.12. The molecule has 5 heteroatoms. The summed E-state index contributed by atoms with van der Waals surface area (Å²) in [5, 5.41) is 3.28. The Labute approximate surface area is 109 Å². The van der Waals surface area contributed by atoms with E-state index in [-0.39, 0.29) is 5.75 Å². The van der Waals surface area contributed by atoms with Crippen molar-refractivity contribution in [1.29, 1.82) is 0 Å². The Morgan fingerprint density at radius 2 is 2.11 bits per heavy atom. The minimum atomic E-state index is -3.19. The van der Waals surface area contributed by atoms with Gasteiger partial charge in [0.2, 0.25) is 10.0 Å². The SMILES string of the molecule is CCCCS(=O)(=O)N1CCCNc2ccccc21. The normalized spacial score (nSPS) is 15.7.